The van der Waals surface area contributed by atoms with Gasteiger partial charge in [-0.1, -0.05) is 43.2 Å². The van der Waals surface area contributed by atoms with Crippen LogP contribution < -0.4 is 0 Å². The summed E-state index contributed by atoms with van der Waals surface area (Å²) in [7, 11) is 1.38. The van der Waals surface area contributed by atoms with Crippen LogP contribution in [0.1, 0.15) is 37.2 Å². The van der Waals surface area contributed by atoms with Crippen molar-refractivity contribution in [2.45, 2.75) is 44.2 Å². The minimum atomic E-state index is -2.41. The first kappa shape index (κ1) is 19.9. The SMILES string of the molecule is CO[Si](CCCCCC(CCl)c1ccccc1)(OC)O[Si]C. The van der Waals surface area contributed by atoms with Crippen LogP contribution in [0.3, 0.4) is 0 Å². The molecule has 0 spiro atoms. The van der Waals surface area contributed by atoms with Crippen molar-refractivity contribution in [2.75, 3.05) is 20.1 Å². The van der Waals surface area contributed by atoms with Gasteiger partial charge in [-0.15, -0.1) is 11.6 Å². The van der Waals surface area contributed by atoms with Crippen molar-refractivity contribution >= 4 is 30.2 Å². The highest BCUT2D eigenvalue weighted by molar-refractivity contribution is 6.65. The molecular weight excluding hydrogens is 332 g/mol. The van der Waals surface area contributed by atoms with E-state index in [1.807, 2.05) is 12.6 Å². The van der Waals surface area contributed by atoms with Crippen LogP contribution in [-0.4, -0.2) is 38.7 Å². The monoisotopic (exact) mass is 358 g/mol. The molecule has 1 unspecified atom stereocenters. The zero-order chi connectivity index (χ0) is 16.3. The third-order valence-electron chi connectivity index (χ3n) is 3.87. The van der Waals surface area contributed by atoms with Gasteiger partial charge in [0.2, 0.25) is 9.76 Å². The predicted octanol–water partition coefficient (Wildman–Crippen LogP) is 4.49. The van der Waals surface area contributed by atoms with E-state index < -0.39 is 8.80 Å². The van der Waals surface area contributed by atoms with E-state index in [-0.39, 0.29) is 0 Å². The van der Waals surface area contributed by atoms with Gasteiger partial charge in [0.15, 0.2) is 0 Å². The lowest BCUT2D eigenvalue weighted by Gasteiger charge is -2.26. The lowest BCUT2D eigenvalue weighted by molar-refractivity contribution is 0.162. The van der Waals surface area contributed by atoms with Crippen molar-refractivity contribution in [3.63, 3.8) is 0 Å². The zero-order valence-electron chi connectivity index (χ0n) is 13.8. The molecular formula is C16H27ClO3Si2. The van der Waals surface area contributed by atoms with Crippen molar-refractivity contribution < 1.29 is 13.0 Å². The molecule has 0 amide bonds. The molecule has 0 aromatic heterocycles. The summed E-state index contributed by atoms with van der Waals surface area (Å²) >= 11 is 6.12. The molecule has 0 aliphatic heterocycles. The van der Waals surface area contributed by atoms with Gasteiger partial charge in [0.25, 0.3) is 0 Å². The van der Waals surface area contributed by atoms with Gasteiger partial charge in [-0.3, -0.25) is 0 Å². The first-order valence-corrected chi connectivity index (χ1v) is 11.6. The first-order valence-electron chi connectivity index (χ1n) is 7.77. The number of hydrogen-bond acceptors (Lipinski definition) is 3. The van der Waals surface area contributed by atoms with Gasteiger partial charge in [0.05, 0.1) is 0 Å². The molecule has 1 aromatic rings. The molecule has 2 radical (unpaired) electrons. The van der Waals surface area contributed by atoms with Gasteiger partial charge >= 0.3 is 8.80 Å². The van der Waals surface area contributed by atoms with Crippen LogP contribution in [-0.2, 0) is 13.0 Å². The molecule has 1 aromatic carbocycles. The number of rotatable bonds is 12. The Bertz CT molecular complexity index is 388. The van der Waals surface area contributed by atoms with Crippen LogP contribution in [0.15, 0.2) is 30.3 Å². The second-order valence-corrected chi connectivity index (χ2v) is 9.47. The van der Waals surface area contributed by atoms with Crippen molar-refractivity contribution in [1.82, 2.24) is 0 Å². The molecule has 0 aliphatic carbocycles. The van der Waals surface area contributed by atoms with Crippen LogP contribution in [0.5, 0.6) is 0 Å². The van der Waals surface area contributed by atoms with Crippen molar-refractivity contribution in [1.29, 1.82) is 0 Å². The highest BCUT2D eigenvalue weighted by atomic mass is 35.5. The molecule has 0 bridgehead atoms. The third-order valence-corrected chi connectivity index (χ3v) is 8.52. The standard InChI is InChI=1S/C16H27ClO3Si2/c1-18-22(19-2,20-21-3)13-9-5-8-12-16(14-17)15-10-6-4-7-11-15/h4,6-7,10-11,16H,5,8-9,12-14H2,1-3H3. The van der Waals surface area contributed by atoms with Crippen molar-refractivity contribution in [2.24, 2.45) is 0 Å². The molecule has 124 valence electrons. The minimum absolute atomic E-state index is 0.406. The smallest absolute Gasteiger partial charge is 0.415 e. The number of benzene rings is 1. The lowest BCUT2D eigenvalue weighted by Crippen LogP contribution is -2.44. The molecule has 0 fully saturated rings. The number of hydrogen-bond donors (Lipinski definition) is 0. The van der Waals surface area contributed by atoms with Gasteiger partial charge in [-0.2, -0.15) is 0 Å². The molecule has 0 aliphatic rings. The molecule has 1 rings (SSSR count). The Kier molecular flexibility index (Phi) is 10.3. The lowest BCUT2D eigenvalue weighted by atomic mass is 9.95. The van der Waals surface area contributed by atoms with Crippen LogP contribution in [0, 0.1) is 0 Å². The van der Waals surface area contributed by atoms with Crippen LogP contribution in [0.4, 0.5) is 0 Å². The van der Waals surface area contributed by atoms with Gasteiger partial charge in [0.1, 0.15) is 0 Å². The van der Waals surface area contributed by atoms with Gasteiger partial charge in [-0.05, 0) is 30.9 Å². The van der Waals surface area contributed by atoms with E-state index in [1.165, 1.54) is 12.0 Å². The fraction of sp³-hybridized carbons (Fsp3) is 0.625. The van der Waals surface area contributed by atoms with Gasteiger partial charge in [-0.25, -0.2) is 0 Å². The molecule has 0 heterocycles. The van der Waals surface area contributed by atoms with Crippen molar-refractivity contribution in [3.8, 4) is 0 Å². The molecule has 0 saturated heterocycles. The second-order valence-electron chi connectivity index (χ2n) is 5.26. The normalized spacial score (nSPS) is 13.3. The second kappa shape index (κ2) is 11.4. The first-order chi connectivity index (χ1) is 10.7. The Balaban J connectivity index is 2.32. The minimum Gasteiger partial charge on any atom is -0.415 e. The van der Waals surface area contributed by atoms with E-state index in [0.29, 0.717) is 21.6 Å². The van der Waals surface area contributed by atoms with Crippen molar-refractivity contribution in [3.05, 3.63) is 35.9 Å². The fourth-order valence-electron chi connectivity index (χ4n) is 2.54. The Labute approximate surface area is 143 Å². The summed E-state index contributed by atoms with van der Waals surface area (Å²) in [5.74, 6) is 1.13. The van der Waals surface area contributed by atoms with Crippen LogP contribution in [0.2, 0.25) is 12.6 Å². The summed E-state index contributed by atoms with van der Waals surface area (Å²) in [5.41, 5.74) is 1.34. The van der Waals surface area contributed by atoms with Crippen LogP contribution in [0.25, 0.3) is 0 Å². The zero-order valence-corrected chi connectivity index (χ0v) is 16.6. The molecule has 1 atom stereocenters. The molecule has 22 heavy (non-hydrogen) atoms. The van der Waals surface area contributed by atoms with E-state index in [4.69, 9.17) is 24.6 Å². The van der Waals surface area contributed by atoms with E-state index in [9.17, 15) is 0 Å². The third kappa shape index (κ3) is 6.52. The van der Waals surface area contributed by atoms with E-state index >= 15 is 0 Å². The maximum atomic E-state index is 6.12. The Hall–Kier alpha value is -0.176. The Morgan fingerprint density at radius 3 is 2.32 bits per heavy atom. The largest absolute Gasteiger partial charge is 0.489 e. The van der Waals surface area contributed by atoms with Gasteiger partial charge in [0, 0.05) is 26.1 Å². The summed E-state index contributed by atoms with van der Waals surface area (Å²) in [6.07, 6.45) is 4.51. The molecule has 3 nitrogen and oxygen atoms in total. The summed E-state index contributed by atoms with van der Waals surface area (Å²) in [4.78, 5) is 0. The van der Waals surface area contributed by atoms with E-state index in [0.717, 1.165) is 25.3 Å². The molecule has 6 heteroatoms. The maximum absolute atomic E-state index is 6.12. The summed E-state index contributed by atoms with van der Waals surface area (Å²) in [6.45, 7) is 2.00. The molecule has 0 saturated carbocycles. The average Bonchev–Trinajstić information content (AvgIpc) is 2.58. The number of halogens is 1. The Morgan fingerprint density at radius 1 is 1.09 bits per heavy atom. The maximum Gasteiger partial charge on any atom is 0.489 e. The Morgan fingerprint density at radius 2 is 1.77 bits per heavy atom. The highest BCUT2D eigenvalue weighted by Gasteiger charge is 2.37. The quantitative estimate of drug-likeness (QED) is 0.313. The van der Waals surface area contributed by atoms with Crippen LogP contribution >= 0.6 is 11.6 Å². The number of unbranched alkanes of at least 4 members (excludes halogenated alkanes) is 2. The highest BCUT2D eigenvalue weighted by Crippen LogP contribution is 2.25. The fourth-order valence-corrected chi connectivity index (χ4v) is 6.45. The topological polar surface area (TPSA) is 27.7 Å². The van der Waals surface area contributed by atoms with E-state index in [2.05, 4.69) is 24.3 Å². The average molecular weight is 359 g/mol. The van der Waals surface area contributed by atoms with E-state index in [1.54, 1.807) is 14.2 Å². The predicted molar refractivity (Wildman–Crippen MR) is 95.7 cm³/mol. The number of alkyl halides is 1. The van der Waals surface area contributed by atoms with Gasteiger partial charge < -0.3 is 13.0 Å². The summed E-state index contributed by atoms with van der Waals surface area (Å²) in [6, 6.07) is 11.4. The summed E-state index contributed by atoms with van der Waals surface area (Å²) in [5, 5.41) is 0. The molecule has 0 N–H and O–H groups in total. The summed E-state index contributed by atoms with van der Waals surface area (Å²) < 4.78 is 16.8.